The maximum absolute atomic E-state index is 5.64. The summed E-state index contributed by atoms with van der Waals surface area (Å²) < 4.78 is 13.1. The maximum atomic E-state index is 5.64. The van der Waals surface area contributed by atoms with E-state index in [1.54, 1.807) is 14.2 Å². The first kappa shape index (κ1) is 20.8. The van der Waals surface area contributed by atoms with Gasteiger partial charge in [-0.2, -0.15) is 0 Å². The van der Waals surface area contributed by atoms with Crippen molar-refractivity contribution in [2.24, 2.45) is 0 Å². The Hall–Kier alpha value is -4.13. The number of aromatic nitrogens is 5. The molecule has 0 saturated heterocycles. The number of aryl methyl sites for hydroxylation is 2. The zero-order chi connectivity index (χ0) is 22.9. The first-order valence-corrected chi connectivity index (χ1v) is 10.7. The van der Waals surface area contributed by atoms with Gasteiger partial charge in [0.15, 0.2) is 17.5 Å². The van der Waals surface area contributed by atoms with E-state index >= 15 is 0 Å². The van der Waals surface area contributed by atoms with E-state index in [9.17, 15) is 0 Å². The minimum absolute atomic E-state index is 0.509. The van der Waals surface area contributed by atoms with Crippen molar-refractivity contribution in [3.63, 3.8) is 0 Å². The molecule has 7 nitrogen and oxygen atoms in total. The first-order valence-electron chi connectivity index (χ1n) is 10.7. The number of nitrogens with one attached hydrogen (secondary N) is 1. The number of rotatable bonds is 6. The first-order chi connectivity index (χ1) is 16.1. The zero-order valence-electron chi connectivity index (χ0n) is 19.1. The average Bonchev–Trinajstić information content (AvgIpc) is 3.44. The minimum Gasteiger partial charge on any atom is -0.497 e. The highest BCUT2D eigenvalue weighted by molar-refractivity contribution is 5.80. The molecule has 0 radical (unpaired) electrons. The largest absolute Gasteiger partial charge is 0.497 e. The summed E-state index contributed by atoms with van der Waals surface area (Å²) >= 11 is 0. The number of nitrogens with zero attached hydrogens (tertiary/aromatic N) is 4. The van der Waals surface area contributed by atoms with Crippen LogP contribution in [0, 0.1) is 13.8 Å². The molecule has 2 heterocycles. The van der Waals surface area contributed by atoms with Crippen LogP contribution in [0.4, 0.5) is 0 Å². The number of imidazole rings is 1. The molecule has 1 N–H and O–H groups in total. The molecule has 0 amide bonds. The molecule has 166 valence electrons. The number of benzene rings is 3. The quantitative estimate of drug-likeness (QED) is 0.395. The number of aromatic amines is 1. The third kappa shape index (κ3) is 3.82. The summed E-state index contributed by atoms with van der Waals surface area (Å²) in [5, 5.41) is 9.08. The van der Waals surface area contributed by atoms with E-state index in [0.29, 0.717) is 18.2 Å². The van der Waals surface area contributed by atoms with Crippen LogP contribution in [-0.2, 0) is 6.54 Å². The highest BCUT2D eigenvalue weighted by Gasteiger charge is 2.20. The number of hydrogen-bond donors (Lipinski definition) is 1. The van der Waals surface area contributed by atoms with E-state index in [2.05, 4.69) is 45.7 Å². The van der Waals surface area contributed by atoms with Gasteiger partial charge >= 0.3 is 0 Å². The third-order valence-electron chi connectivity index (χ3n) is 5.91. The van der Waals surface area contributed by atoms with Crippen LogP contribution in [-0.4, -0.2) is 39.0 Å². The molecule has 2 aromatic heterocycles. The molecule has 0 aliphatic heterocycles. The van der Waals surface area contributed by atoms with Gasteiger partial charge in [-0.3, -0.25) is 4.57 Å². The molecule has 5 aromatic rings. The fraction of sp³-hybridized carbons (Fsp3) is 0.192. The molecule has 0 atom stereocenters. The monoisotopic (exact) mass is 439 g/mol. The van der Waals surface area contributed by atoms with Gasteiger partial charge in [0, 0.05) is 17.2 Å². The van der Waals surface area contributed by atoms with Crippen LogP contribution >= 0.6 is 0 Å². The predicted octanol–water partition coefficient (Wildman–Crippen LogP) is 5.17. The molecule has 3 aromatic carbocycles. The predicted molar refractivity (Wildman–Crippen MR) is 129 cm³/mol. The lowest BCUT2D eigenvalue weighted by Gasteiger charge is -2.14. The van der Waals surface area contributed by atoms with Crippen molar-refractivity contribution in [3.8, 4) is 34.5 Å². The van der Waals surface area contributed by atoms with Crippen molar-refractivity contribution in [1.29, 1.82) is 0 Å². The second-order valence-corrected chi connectivity index (χ2v) is 8.02. The van der Waals surface area contributed by atoms with Crippen LogP contribution in [0.2, 0.25) is 0 Å². The zero-order valence-corrected chi connectivity index (χ0v) is 19.1. The van der Waals surface area contributed by atoms with Crippen LogP contribution in [0.25, 0.3) is 34.1 Å². The van der Waals surface area contributed by atoms with Gasteiger partial charge in [0.05, 0.1) is 31.8 Å². The molecule has 0 fully saturated rings. The van der Waals surface area contributed by atoms with Gasteiger partial charge in [-0.15, -0.1) is 10.2 Å². The van der Waals surface area contributed by atoms with Crippen molar-refractivity contribution < 1.29 is 9.47 Å². The number of hydrogen-bond acceptors (Lipinski definition) is 5. The van der Waals surface area contributed by atoms with Crippen LogP contribution in [0.1, 0.15) is 16.7 Å². The smallest absolute Gasteiger partial charge is 0.200 e. The lowest BCUT2D eigenvalue weighted by Crippen LogP contribution is -2.07. The average molecular weight is 440 g/mol. The van der Waals surface area contributed by atoms with Crippen molar-refractivity contribution >= 4 is 11.0 Å². The number of fused-ring (bicyclic) bond motifs is 1. The van der Waals surface area contributed by atoms with E-state index in [1.165, 1.54) is 11.1 Å². The molecular weight excluding hydrogens is 414 g/mol. The van der Waals surface area contributed by atoms with Crippen molar-refractivity contribution in [2.45, 2.75) is 20.4 Å². The molecule has 0 aliphatic carbocycles. The number of methoxy groups -OCH3 is 2. The Morgan fingerprint density at radius 3 is 2.36 bits per heavy atom. The van der Waals surface area contributed by atoms with E-state index in [1.807, 2.05) is 48.5 Å². The maximum Gasteiger partial charge on any atom is 0.200 e. The molecule has 0 saturated carbocycles. The molecule has 0 aliphatic rings. The van der Waals surface area contributed by atoms with Gasteiger partial charge in [-0.1, -0.05) is 30.3 Å². The Morgan fingerprint density at radius 1 is 0.848 bits per heavy atom. The fourth-order valence-electron chi connectivity index (χ4n) is 3.96. The molecule has 0 bridgehead atoms. The number of ether oxygens (including phenoxy) is 2. The summed E-state index contributed by atoms with van der Waals surface area (Å²) in [5.41, 5.74) is 6.27. The summed E-state index contributed by atoms with van der Waals surface area (Å²) in [6.45, 7) is 4.70. The lowest BCUT2D eigenvalue weighted by molar-refractivity contribution is 0.390. The van der Waals surface area contributed by atoms with Gasteiger partial charge in [0.25, 0.3) is 0 Å². The van der Waals surface area contributed by atoms with E-state index in [4.69, 9.17) is 14.5 Å². The molecule has 33 heavy (non-hydrogen) atoms. The second kappa shape index (κ2) is 8.43. The molecular formula is C26H25N5O2. The van der Waals surface area contributed by atoms with Gasteiger partial charge in [0.2, 0.25) is 0 Å². The van der Waals surface area contributed by atoms with Crippen molar-refractivity contribution in [1.82, 2.24) is 24.7 Å². The fourth-order valence-corrected chi connectivity index (χ4v) is 3.96. The minimum atomic E-state index is 0.509. The molecule has 0 spiro atoms. The topological polar surface area (TPSA) is 77.9 Å². The SMILES string of the molecule is COc1ccc(Cn2c(-c3ccccc3)nnc2-c2nc3cc(C)c(C)cc3[nH]2)c(OC)c1. The van der Waals surface area contributed by atoms with Crippen molar-refractivity contribution in [2.75, 3.05) is 14.2 Å². The molecule has 5 rings (SSSR count). The summed E-state index contributed by atoms with van der Waals surface area (Å²) in [6, 6.07) is 20.1. The van der Waals surface area contributed by atoms with Crippen LogP contribution in [0.5, 0.6) is 11.5 Å². The summed E-state index contributed by atoms with van der Waals surface area (Å²) in [7, 11) is 3.30. The lowest BCUT2D eigenvalue weighted by atomic mass is 10.1. The number of H-pyrrole nitrogens is 1. The van der Waals surface area contributed by atoms with Gasteiger partial charge in [-0.25, -0.2) is 4.98 Å². The molecule has 0 unspecified atom stereocenters. The third-order valence-corrected chi connectivity index (χ3v) is 5.91. The summed E-state index contributed by atoms with van der Waals surface area (Å²) in [6.07, 6.45) is 0. The normalized spacial score (nSPS) is 11.2. The Labute approximate surface area is 192 Å². The Morgan fingerprint density at radius 2 is 1.61 bits per heavy atom. The van der Waals surface area contributed by atoms with Gasteiger partial charge in [-0.05, 0) is 49.2 Å². The van der Waals surface area contributed by atoms with E-state index in [-0.39, 0.29) is 0 Å². The highest BCUT2D eigenvalue weighted by Crippen LogP contribution is 2.30. The van der Waals surface area contributed by atoms with E-state index in [0.717, 1.165) is 39.5 Å². The van der Waals surface area contributed by atoms with Crippen LogP contribution in [0.3, 0.4) is 0 Å². The molecule has 7 heteroatoms. The Balaban J connectivity index is 1.66. The standard InChI is InChI=1S/C26H25N5O2/c1-16-12-21-22(13-17(16)2)28-24(27-21)26-30-29-25(18-8-6-5-7-9-18)31(26)15-19-10-11-20(32-3)14-23(19)33-4/h5-14H,15H2,1-4H3,(H,27,28). The summed E-state index contributed by atoms with van der Waals surface area (Å²) in [5.74, 6) is 3.58. The van der Waals surface area contributed by atoms with Crippen molar-refractivity contribution in [3.05, 3.63) is 77.4 Å². The Kier molecular flexibility index (Phi) is 5.30. The van der Waals surface area contributed by atoms with Crippen LogP contribution < -0.4 is 9.47 Å². The van der Waals surface area contributed by atoms with Crippen LogP contribution in [0.15, 0.2) is 60.7 Å². The van der Waals surface area contributed by atoms with Gasteiger partial charge in [0.1, 0.15) is 11.5 Å². The Bertz CT molecular complexity index is 1400. The highest BCUT2D eigenvalue weighted by atomic mass is 16.5. The van der Waals surface area contributed by atoms with E-state index < -0.39 is 0 Å². The second-order valence-electron chi connectivity index (χ2n) is 8.02. The van der Waals surface area contributed by atoms with Gasteiger partial charge < -0.3 is 14.5 Å². The summed E-state index contributed by atoms with van der Waals surface area (Å²) in [4.78, 5) is 8.27.